The molecule has 6 heteroatoms. The van der Waals surface area contributed by atoms with Crippen molar-refractivity contribution in [1.82, 2.24) is 14.9 Å². The quantitative estimate of drug-likeness (QED) is 0.704. The molecule has 3 aromatic rings. The Morgan fingerprint density at radius 2 is 1.57 bits per heavy atom. The molecule has 0 amide bonds. The van der Waals surface area contributed by atoms with Crippen molar-refractivity contribution in [3.8, 4) is 0 Å². The van der Waals surface area contributed by atoms with E-state index in [0.29, 0.717) is 6.04 Å². The van der Waals surface area contributed by atoms with Crippen molar-refractivity contribution in [3.05, 3.63) is 59.1 Å². The lowest BCUT2D eigenvalue weighted by atomic mass is 10.2. The van der Waals surface area contributed by atoms with Gasteiger partial charge < -0.3 is 10.2 Å². The molecule has 2 aliphatic rings. The highest BCUT2D eigenvalue weighted by Gasteiger charge is 2.27. The molecule has 0 spiro atoms. The Balaban J connectivity index is 1.34. The average molecular weight is 394 g/mol. The summed E-state index contributed by atoms with van der Waals surface area (Å²) in [6.07, 6.45) is 2.44. The largest absolute Gasteiger partial charge is 0.364 e. The summed E-state index contributed by atoms with van der Waals surface area (Å²) in [5, 5.41) is 4.43. The van der Waals surface area contributed by atoms with Gasteiger partial charge in [0.25, 0.3) is 0 Å². The summed E-state index contributed by atoms with van der Waals surface area (Å²) in [4.78, 5) is 14.7. The SMILES string of the molecule is Clc1ccccc1CN1CCN(c2nc3ccccc3nc2NC2CC2)CC1. The molecule has 1 saturated carbocycles. The van der Waals surface area contributed by atoms with E-state index >= 15 is 0 Å². The minimum Gasteiger partial charge on any atom is -0.364 e. The van der Waals surface area contributed by atoms with Crippen LogP contribution in [0.4, 0.5) is 11.6 Å². The molecular formula is C22H24ClN5. The van der Waals surface area contributed by atoms with Crippen LogP contribution in [0.25, 0.3) is 11.0 Å². The Bertz CT molecular complexity index is 980. The van der Waals surface area contributed by atoms with Crippen molar-refractivity contribution >= 4 is 34.3 Å². The number of aromatic nitrogens is 2. The molecule has 1 aromatic heterocycles. The molecule has 0 radical (unpaired) electrons. The number of para-hydroxylation sites is 2. The number of rotatable bonds is 5. The van der Waals surface area contributed by atoms with Crippen LogP contribution in [0, 0.1) is 0 Å². The number of benzene rings is 2. The Morgan fingerprint density at radius 1 is 0.893 bits per heavy atom. The van der Waals surface area contributed by atoms with Gasteiger partial charge in [-0.05, 0) is 36.6 Å². The van der Waals surface area contributed by atoms with Crippen LogP contribution in [0.3, 0.4) is 0 Å². The first kappa shape index (κ1) is 17.7. The first-order valence-electron chi connectivity index (χ1n) is 10.0. The lowest BCUT2D eigenvalue weighted by Crippen LogP contribution is -2.46. The minimum atomic E-state index is 0.552. The maximum absolute atomic E-state index is 6.34. The fourth-order valence-corrected chi connectivity index (χ4v) is 3.91. The van der Waals surface area contributed by atoms with Crippen LogP contribution in [0.5, 0.6) is 0 Å². The highest BCUT2D eigenvalue weighted by atomic mass is 35.5. The summed E-state index contributed by atoms with van der Waals surface area (Å²) >= 11 is 6.34. The maximum Gasteiger partial charge on any atom is 0.172 e. The van der Waals surface area contributed by atoms with Crippen LogP contribution in [0.2, 0.25) is 5.02 Å². The number of anilines is 2. The highest BCUT2D eigenvalue weighted by molar-refractivity contribution is 6.31. The van der Waals surface area contributed by atoms with Gasteiger partial charge >= 0.3 is 0 Å². The molecule has 1 N–H and O–H groups in total. The molecule has 1 saturated heterocycles. The van der Waals surface area contributed by atoms with E-state index in [1.165, 1.54) is 18.4 Å². The molecule has 0 bridgehead atoms. The van der Waals surface area contributed by atoms with Crippen LogP contribution in [-0.2, 0) is 6.54 Å². The molecule has 2 heterocycles. The number of fused-ring (bicyclic) bond motifs is 1. The van der Waals surface area contributed by atoms with Crippen LogP contribution in [-0.4, -0.2) is 47.1 Å². The van der Waals surface area contributed by atoms with E-state index in [4.69, 9.17) is 21.6 Å². The second-order valence-corrected chi connectivity index (χ2v) is 8.06. The zero-order chi connectivity index (χ0) is 18.9. The lowest BCUT2D eigenvalue weighted by Gasteiger charge is -2.36. The zero-order valence-corrected chi connectivity index (χ0v) is 16.6. The van der Waals surface area contributed by atoms with Crippen LogP contribution < -0.4 is 10.2 Å². The van der Waals surface area contributed by atoms with E-state index in [9.17, 15) is 0 Å². The normalized spacial score (nSPS) is 17.8. The van der Waals surface area contributed by atoms with Gasteiger partial charge in [-0.15, -0.1) is 0 Å². The Labute approximate surface area is 170 Å². The third-order valence-corrected chi connectivity index (χ3v) is 5.86. The molecular weight excluding hydrogens is 370 g/mol. The minimum absolute atomic E-state index is 0.552. The van der Waals surface area contributed by atoms with Gasteiger partial charge in [0.05, 0.1) is 11.0 Å². The van der Waals surface area contributed by atoms with Crippen LogP contribution in [0.15, 0.2) is 48.5 Å². The summed E-state index contributed by atoms with van der Waals surface area (Å²) in [6, 6.07) is 16.8. The van der Waals surface area contributed by atoms with E-state index in [1.54, 1.807) is 0 Å². The summed E-state index contributed by atoms with van der Waals surface area (Å²) in [6.45, 7) is 4.75. The second-order valence-electron chi connectivity index (χ2n) is 7.66. The zero-order valence-electron chi connectivity index (χ0n) is 15.8. The predicted molar refractivity (Wildman–Crippen MR) is 115 cm³/mol. The first-order valence-corrected chi connectivity index (χ1v) is 10.4. The molecule has 0 unspecified atom stereocenters. The van der Waals surface area contributed by atoms with Crippen LogP contribution >= 0.6 is 11.6 Å². The molecule has 28 heavy (non-hydrogen) atoms. The number of piperazine rings is 1. The van der Waals surface area contributed by atoms with E-state index < -0.39 is 0 Å². The van der Waals surface area contributed by atoms with E-state index in [2.05, 4.69) is 27.2 Å². The van der Waals surface area contributed by atoms with Gasteiger partial charge in [-0.1, -0.05) is 41.9 Å². The van der Waals surface area contributed by atoms with Gasteiger partial charge in [0, 0.05) is 43.8 Å². The number of hydrogen-bond donors (Lipinski definition) is 1. The van der Waals surface area contributed by atoms with Crippen molar-refractivity contribution < 1.29 is 0 Å². The lowest BCUT2D eigenvalue weighted by molar-refractivity contribution is 0.249. The van der Waals surface area contributed by atoms with Gasteiger partial charge in [-0.25, -0.2) is 9.97 Å². The molecule has 5 nitrogen and oxygen atoms in total. The third kappa shape index (κ3) is 3.77. The molecule has 2 aromatic carbocycles. The average Bonchev–Trinajstić information content (AvgIpc) is 3.54. The fraction of sp³-hybridized carbons (Fsp3) is 0.364. The number of nitrogens with zero attached hydrogens (tertiary/aromatic N) is 4. The molecule has 144 valence electrons. The summed E-state index contributed by atoms with van der Waals surface area (Å²) < 4.78 is 0. The van der Waals surface area contributed by atoms with Crippen molar-refractivity contribution in [2.45, 2.75) is 25.4 Å². The molecule has 5 rings (SSSR count). The number of halogens is 1. The summed E-state index contributed by atoms with van der Waals surface area (Å²) in [5.41, 5.74) is 3.10. The third-order valence-electron chi connectivity index (χ3n) is 5.49. The van der Waals surface area contributed by atoms with Gasteiger partial charge in [0.1, 0.15) is 0 Å². The standard InChI is InChI=1S/C22H24ClN5/c23-18-6-2-1-5-16(18)15-27-11-13-28(14-12-27)22-21(24-17-9-10-17)25-19-7-3-4-8-20(19)26-22/h1-8,17H,9-15H2,(H,24,25). The van der Waals surface area contributed by atoms with Gasteiger partial charge in [-0.2, -0.15) is 0 Å². The van der Waals surface area contributed by atoms with Gasteiger partial charge in [-0.3, -0.25) is 4.90 Å². The van der Waals surface area contributed by atoms with E-state index in [0.717, 1.165) is 60.4 Å². The molecule has 1 aliphatic carbocycles. The Morgan fingerprint density at radius 3 is 2.29 bits per heavy atom. The van der Waals surface area contributed by atoms with Gasteiger partial charge in [0.2, 0.25) is 0 Å². The van der Waals surface area contributed by atoms with Crippen molar-refractivity contribution in [2.75, 3.05) is 36.4 Å². The van der Waals surface area contributed by atoms with Crippen molar-refractivity contribution in [3.63, 3.8) is 0 Å². The highest BCUT2D eigenvalue weighted by Crippen LogP contribution is 2.31. The van der Waals surface area contributed by atoms with Crippen molar-refractivity contribution in [1.29, 1.82) is 0 Å². The van der Waals surface area contributed by atoms with Crippen LogP contribution in [0.1, 0.15) is 18.4 Å². The second kappa shape index (κ2) is 7.57. The summed E-state index contributed by atoms with van der Waals surface area (Å²) in [5.74, 6) is 1.92. The first-order chi connectivity index (χ1) is 13.8. The monoisotopic (exact) mass is 393 g/mol. The smallest absolute Gasteiger partial charge is 0.172 e. The molecule has 2 fully saturated rings. The fourth-order valence-electron chi connectivity index (χ4n) is 3.71. The Kier molecular flexibility index (Phi) is 4.79. The van der Waals surface area contributed by atoms with Crippen molar-refractivity contribution in [2.24, 2.45) is 0 Å². The topological polar surface area (TPSA) is 44.3 Å². The van der Waals surface area contributed by atoms with E-state index in [1.807, 2.05) is 36.4 Å². The maximum atomic E-state index is 6.34. The summed E-state index contributed by atoms with van der Waals surface area (Å²) in [7, 11) is 0. The van der Waals surface area contributed by atoms with Gasteiger partial charge in [0.15, 0.2) is 11.6 Å². The predicted octanol–water partition coefficient (Wildman–Crippen LogP) is 4.18. The number of hydrogen-bond acceptors (Lipinski definition) is 5. The number of nitrogens with one attached hydrogen (secondary N) is 1. The van der Waals surface area contributed by atoms with E-state index in [-0.39, 0.29) is 0 Å². The molecule has 1 aliphatic heterocycles. The Hall–Kier alpha value is -2.37. The molecule has 0 atom stereocenters.